The summed E-state index contributed by atoms with van der Waals surface area (Å²) in [4.78, 5) is 2.06. The van der Waals surface area contributed by atoms with Crippen molar-refractivity contribution in [2.45, 2.75) is 34.6 Å². The molecule has 0 aliphatic heterocycles. The van der Waals surface area contributed by atoms with Crippen LogP contribution in [0.1, 0.15) is 27.8 Å². The van der Waals surface area contributed by atoms with Crippen molar-refractivity contribution in [3.8, 4) is 28.7 Å². The molecule has 0 unspecified atom stereocenters. The molecule has 4 aromatic rings. The lowest BCUT2D eigenvalue weighted by atomic mass is 10.0. The average Bonchev–Trinajstić information content (AvgIpc) is 2.81. The summed E-state index contributed by atoms with van der Waals surface area (Å²) in [5, 5.41) is 30.9. The molecule has 0 aliphatic carbocycles. The van der Waals surface area contributed by atoms with E-state index in [1.54, 1.807) is 30.3 Å². The Morgan fingerprint density at radius 3 is 1.65 bits per heavy atom. The second-order valence-electron chi connectivity index (χ2n) is 8.63. The van der Waals surface area contributed by atoms with Crippen molar-refractivity contribution in [3.63, 3.8) is 0 Å². The van der Waals surface area contributed by atoms with Crippen molar-refractivity contribution in [2.24, 2.45) is 0 Å². The van der Waals surface area contributed by atoms with Crippen molar-refractivity contribution >= 4 is 17.1 Å². The van der Waals surface area contributed by atoms with Gasteiger partial charge in [0, 0.05) is 22.9 Å². The number of nitrogens with zero attached hydrogens (tertiary/aromatic N) is 1. The molecular formula is C29H29NO4. The topological polar surface area (TPSA) is 73.2 Å². The Morgan fingerprint density at radius 2 is 1.09 bits per heavy atom. The molecule has 34 heavy (non-hydrogen) atoms. The van der Waals surface area contributed by atoms with Crippen molar-refractivity contribution in [1.29, 1.82) is 0 Å². The number of aromatic hydroxyl groups is 3. The quantitative estimate of drug-likeness (QED) is 0.289. The molecule has 0 fully saturated rings. The highest BCUT2D eigenvalue weighted by Crippen LogP contribution is 2.46. The van der Waals surface area contributed by atoms with Crippen LogP contribution in [0, 0.1) is 34.6 Å². The Balaban J connectivity index is 1.91. The zero-order chi connectivity index (χ0) is 24.6. The number of hydrogen-bond acceptors (Lipinski definition) is 5. The Kier molecular flexibility index (Phi) is 6.12. The van der Waals surface area contributed by atoms with E-state index in [1.807, 2.05) is 71.0 Å². The van der Waals surface area contributed by atoms with E-state index >= 15 is 0 Å². The zero-order valence-corrected chi connectivity index (χ0v) is 20.0. The van der Waals surface area contributed by atoms with Crippen molar-refractivity contribution in [3.05, 3.63) is 94.5 Å². The molecule has 0 saturated heterocycles. The Bertz CT molecular complexity index is 1320. The molecule has 0 radical (unpaired) electrons. The highest BCUT2D eigenvalue weighted by molar-refractivity contribution is 5.85. The maximum Gasteiger partial charge on any atom is 0.129 e. The van der Waals surface area contributed by atoms with E-state index < -0.39 is 0 Å². The van der Waals surface area contributed by atoms with Gasteiger partial charge in [-0.1, -0.05) is 18.2 Å². The van der Waals surface area contributed by atoms with Crippen LogP contribution in [-0.2, 0) is 0 Å². The van der Waals surface area contributed by atoms with Gasteiger partial charge < -0.3 is 25.0 Å². The average molecular weight is 456 g/mol. The molecule has 0 aliphatic rings. The van der Waals surface area contributed by atoms with Crippen molar-refractivity contribution in [2.75, 3.05) is 4.90 Å². The van der Waals surface area contributed by atoms with Crippen molar-refractivity contribution in [1.82, 2.24) is 0 Å². The first-order valence-electron chi connectivity index (χ1n) is 11.1. The van der Waals surface area contributed by atoms with E-state index in [2.05, 4.69) is 4.90 Å². The number of anilines is 3. The van der Waals surface area contributed by atoms with Gasteiger partial charge in [-0.3, -0.25) is 0 Å². The second-order valence-corrected chi connectivity index (χ2v) is 8.63. The van der Waals surface area contributed by atoms with Gasteiger partial charge in [0.15, 0.2) is 0 Å². The van der Waals surface area contributed by atoms with E-state index in [0.717, 1.165) is 44.9 Å². The Hall–Kier alpha value is -4.12. The summed E-state index contributed by atoms with van der Waals surface area (Å²) in [5.74, 6) is 1.87. The van der Waals surface area contributed by atoms with Gasteiger partial charge in [0.25, 0.3) is 0 Å². The normalized spacial score (nSPS) is 10.9. The molecule has 5 heteroatoms. The van der Waals surface area contributed by atoms with Gasteiger partial charge in [0.1, 0.15) is 28.7 Å². The molecule has 0 bridgehead atoms. The minimum atomic E-state index is 0.202. The van der Waals surface area contributed by atoms with E-state index in [1.165, 1.54) is 0 Å². The third kappa shape index (κ3) is 4.25. The van der Waals surface area contributed by atoms with Crippen molar-refractivity contribution < 1.29 is 20.1 Å². The van der Waals surface area contributed by atoms with Crippen LogP contribution < -0.4 is 9.64 Å². The predicted molar refractivity (Wildman–Crippen MR) is 136 cm³/mol. The first kappa shape index (κ1) is 23.1. The van der Waals surface area contributed by atoms with Gasteiger partial charge in [-0.2, -0.15) is 0 Å². The first-order valence-corrected chi connectivity index (χ1v) is 11.1. The van der Waals surface area contributed by atoms with Crippen LogP contribution in [0.4, 0.5) is 17.1 Å². The number of benzene rings is 4. The van der Waals surface area contributed by atoms with Gasteiger partial charge in [-0.15, -0.1) is 0 Å². The number of phenols is 3. The van der Waals surface area contributed by atoms with Crippen LogP contribution in [0.15, 0.2) is 66.7 Å². The molecule has 3 N–H and O–H groups in total. The minimum Gasteiger partial charge on any atom is -0.508 e. The molecule has 0 saturated carbocycles. The summed E-state index contributed by atoms with van der Waals surface area (Å²) in [6.07, 6.45) is 0. The second kappa shape index (κ2) is 9.02. The monoisotopic (exact) mass is 455 g/mol. The van der Waals surface area contributed by atoms with E-state index in [9.17, 15) is 15.3 Å². The number of hydrogen-bond donors (Lipinski definition) is 3. The van der Waals surface area contributed by atoms with E-state index in [0.29, 0.717) is 11.5 Å². The summed E-state index contributed by atoms with van der Waals surface area (Å²) >= 11 is 0. The first-order chi connectivity index (χ1) is 16.2. The lowest BCUT2D eigenvalue weighted by Crippen LogP contribution is -2.15. The smallest absolute Gasteiger partial charge is 0.129 e. The van der Waals surface area contributed by atoms with Gasteiger partial charge in [0.05, 0.1) is 11.4 Å². The molecule has 5 nitrogen and oxygen atoms in total. The van der Waals surface area contributed by atoms with Gasteiger partial charge in [-0.05, 0) is 93.8 Å². The maximum absolute atomic E-state index is 10.5. The number of phenolic OH excluding ortho intramolecular Hbond substituents is 3. The Morgan fingerprint density at radius 1 is 0.559 bits per heavy atom. The molecule has 0 amide bonds. The fourth-order valence-electron chi connectivity index (χ4n) is 4.22. The molecule has 0 aromatic heterocycles. The van der Waals surface area contributed by atoms with Crippen LogP contribution in [0.3, 0.4) is 0 Å². The maximum atomic E-state index is 10.5. The standard InChI is InChI=1S/C29H29NO4/c1-17-9-12-26(32)20(4)28(17)30(29-18(2)10-13-27(33)21(29)5)22-7-6-8-23(16-22)34-24-11-14-25(31)19(3)15-24/h6-16,31-33H,1-5H3. The molecule has 0 atom stereocenters. The summed E-state index contributed by atoms with van der Waals surface area (Å²) in [5.41, 5.74) is 6.68. The molecule has 4 aromatic carbocycles. The molecular weight excluding hydrogens is 426 g/mol. The summed E-state index contributed by atoms with van der Waals surface area (Å²) in [6.45, 7) is 9.60. The van der Waals surface area contributed by atoms with E-state index in [-0.39, 0.29) is 17.2 Å². The van der Waals surface area contributed by atoms with Crippen LogP contribution in [0.5, 0.6) is 28.7 Å². The highest BCUT2D eigenvalue weighted by atomic mass is 16.5. The molecule has 174 valence electrons. The number of rotatable bonds is 5. The lowest BCUT2D eigenvalue weighted by Gasteiger charge is -2.32. The van der Waals surface area contributed by atoms with Crippen LogP contribution in [-0.4, -0.2) is 15.3 Å². The fraction of sp³-hybridized carbons (Fsp3) is 0.172. The number of ether oxygens (including phenoxy) is 1. The largest absolute Gasteiger partial charge is 0.508 e. The Labute approximate surface area is 200 Å². The zero-order valence-electron chi connectivity index (χ0n) is 20.0. The number of aryl methyl sites for hydroxylation is 3. The van der Waals surface area contributed by atoms with Crippen LogP contribution in [0.25, 0.3) is 0 Å². The minimum absolute atomic E-state index is 0.202. The molecule has 4 rings (SSSR count). The third-order valence-corrected chi connectivity index (χ3v) is 6.14. The van der Waals surface area contributed by atoms with Gasteiger partial charge in [0.2, 0.25) is 0 Å². The van der Waals surface area contributed by atoms with Crippen LogP contribution in [0.2, 0.25) is 0 Å². The highest BCUT2D eigenvalue weighted by Gasteiger charge is 2.23. The molecule has 0 spiro atoms. The SMILES string of the molecule is Cc1cc(Oc2cccc(N(c3c(C)ccc(O)c3C)c3c(C)ccc(O)c3C)c2)ccc1O. The van der Waals surface area contributed by atoms with Crippen LogP contribution >= 0.6 is 0 Å². The lowest BCUT2D eigenvalue weighted by molar-refractivity contribution is 0.460. The summed E-state index contributed by atoms with van der Waals surface area (Å²) in [7, 11) is 0. The fourth-order valence-corrected chi connectivity index (χ4v) is 4.22. The van der Waals surface area contributed by atoms with Gasteiger partial charge in [-0.25, -0.2) is 0 Å². The van der Waals surface area contributed by atoms with E-state index in [4.69, 9.17) is 4.74 Å². The summed E-state index contributed by atoms with van der Waals surface area (Å²) < 4.78 is 6.11. The predicted octanol–water partition coefficient (Wildman–Crippen LogP) is 7.61. The van der Waals surface area contributed by atoms with Gasteiger partial charge >= 0.3 is 0 Å². The summed E-state index contributed by atoms with van der Waals surface area (Å²) in [6, 6.07) is 20.0. The third-order valence-electron chi connectivity index (χ3n) is 6.14. The molecule has 0 heterocycles.